The van der Waals surface area contributed by atoms with Gasteiger partial charge in [-0.2, -0.15) is 0 Å². The third kappa shape index (κ3) is 4.46. The molecule has 1 amide bonds. The molecule has 1 aliphatic carbocycles. The van der Waals surface area contributed by atoms with Gasteiger partial charge < -0.3 is 9.64 Å². The van der Waals surface area contributed by atoms with E-state index < -0.39 is 0 Å². The van der Waals surface area contributed by atoms with Crippen LogP contribution in [0.1, 0.15) is 47.0 Å². The van der Waals surface area contributed by atoms with Crippen LogP contribution in [0.4, 0.5) is 0 Å². The van der Waals surface area contributed by atoms with Crippen LogP contribution < -0.4 is 0 Å². The van der Waals surface area contributed by atoms with E-state index in [-0.39, 0.29) is 11.3 Å². The van der Waals surface area contributed by atoms with Gasteiger partial charge in [0.05, 0.1) is 19.1 Å². The van der Waals surface area contributed by atoms with Gasteiger partial charge in [0.2, 0.25) is 5.91 Å². The van der Waals surface area contributed by atoms with E-state index in [9.17, 15) is 4.79 Å². The molecule has 0 N–H and O–H groups in total. The van der Waals surface area contributed by atoms with Crippen molar-refractivity contribution in [1.82, 2.24) is 9.80 Å². The van der Waals surface area contributed by atoms with Gasteiger partial charge in [-0.05, 0) is 56.9 Å². The van der Waals surface area contributed by atoms with E-state index in [0.717, 1.165) is 45.3 Å². The first-order valence-electron chi connectivity index (χ1n) is 10.1. The summed E-state index contributed by atoms with van der Waals surface area (Å²) >= 11 is 0. The Bertz CT molecular complexity index is 496. The molecule has 1 saturated carbocycles. The molecule has 4 nitrogen and oxygen atoms in total. The van der Waals surface area contributed by atoms with Crippen LogP contribution >= 0.6 is 0 Å². The number of ether oxygens (including phenoxy) is 1. The zero-order valence-electron chi connectivity index (χ0n) is 16.6. The van der Waals surface area contributed by atoms with Gasteiger partial charge in [-0.25, -0.2) is 0 Å². The van der Waals surface area contributed by atoms with Crippen molar-refractivity contribution < 1.29 is 9.53 Å². The summed E-state index contributed by atoms with van der Waals surface area (Å²) in [6, 6.07) is 0. The molecule has 3 rings (SSSR count). The summed E-state index contributed by atoms with van der Waals surface area (Å²) in [5.74, 6) is 1.82. The SMILES string of the molecule is CC(C)=CC1C(C(=O)N2CCC(CCN3CCOCC3)CC2)C1(C)C. The average Bonchev–Trinajstić information content (AvgIpc) is 3.13. The molecule has 3 aliphatic rings. The summed E-state index contributed by atoms with van der Waals surface area (Å²) in [7, 11) is 0. The number of nitrogens with zero attached hydrogens (tertiary/aromatic N) is 2. The molecule has 0 spiro atoms. The highest BCUT2D eigenvalue weighted by atomic mass is 16.5. The molecule has 0 aromatic rings. The van der Waals surface area contributed by atoms with Gasteiger partial charge in [-0.1, -0.05) is 25.5 Å². The van der Waals surface area contributed by atoms with Crippen molar-refractivity contribution in [2.45, 2.75) is 47.0 Å². The molecule has 142 valence electrons. The standard InChI is InChI=1S/C21H36N2O2/c1-16(2)15-18-19(21(18,3)4)20(24)23-9-6-17(7-10-23)5-8-22-11-13-25-14-12-22/h15,17-19H,5-14H2,1-4H3. The highest BCUT2D eigenvalue weighted by Gasteiger charge is 2.61. The largest absolute Gasteiger partial charge is 0.379 e. The van der Waals surface area contributed by atoms with E-state index in [4.69, 9.17) is 4.74 Å². The lowest BCUT2D eigenvalue weighted by atomic mass is 9.93. The van der Waals surface area contributed by atoms with Gasteiger partial charge in [0.15, 0.2) is 0 Å². The third-order valence-corrected chi connectivity index (χ3v) is 6.57. The lowest BCUT2D eigenvalue weighted by Crippen LogP contribution is -2.41. The van der Waals surface area contributed by atoms with Gasteiger partial charge in [-0.3, -0.25) is 9.69 Å². The summed E-state index contributed by atoms with van der Waals surface area (Å²) in [4.78, 5) is 17.6. The lowest BCUT2D eigenvalue weighted by Gasteiger charge is -2.34. The van der Waals surface area contributed by atoms with E-state index in [1.165, 1.54) is 31.4 Å². The molecule has 4 heteroatoms. The molecule has 2 heterocycles. The molecular weight excluding hydrogens is 312 g/mol. The number of allylic oxidation sites excluding steroid dienone is 2. The van der Waals surface area contributed by atoms with Crippen molar-refractivity contribution in [3.63, 3.8) is 0 Å². The normalized spacial score (nSPS) is 30.2. The maximum absolute atomic E-state index is 13.0. The molecule has 2 atom stereocenters. The fourth-order valence-corrected chi connectivity index (χ4v) is 4.65. The number of piperidine rings is 1. The summed E-state index contributed by atoms with van der Waals surface area (Å²) in [6.07, 6.45) is 5.93. The van der Waals surface area contributed by atoms with Crippen molar-refractivity contribution in [1.29, 1.82) is 0 Å². The topological polar surface area (TPSA) is 32.8 Å². The second-order valence-electron chi connectivity index (χ2n) is 9.08. The summed E-state index contributed by atoms with van der Waals surface area (Å²) in [5, 5.41) is 0. The van der Waals surface area contributed by atoms with Crippen LogP contribution in [0.3, 0.4) is 0 Å². The maximum atomic E-state index is 13.0. The second-order valence-corrected chi connectivity index (χ2v) is 9.08. The van der Waals surface area contributed by atoms with E-state index in [1.807, 2.05) is 0 Å². The molecule has 2 unspecified atom stereocenters. The van der Waals surface area contributed by atoms with Crippen molar-refractivity contribution >= 4 is 5.91 Å². The number of amides is 1. The molecule has 0 bridgehead atoms. The highest BCUT2D eigenvalue weighted by Crippen LogP contribution is 2.60. The first-order chi connectivity index (χ1) is 11.9. The van der Waals surface area contributed by atoms with Crippen molar-refractivity contribution in [2.24, 2.45) is 23.2 Å². The predicted molar refractivity (Wildman–Crippen MR) is 101 cm³/mol. The minimum atomic E-state index is 0.140. The minimum absolute atomic E-state index is 0.140. The fraction of sp³-hybridized carbons (Fsp3) is 0.857. The molecule has 0 radical (unpaired) electrons. The Balaban J connectivity index is 1.43. The number of morpholine rings is 1. The molecule has 0 aromatic carbocycles. The lowest BCUT2D eigenvalue weighted by molar-refractivity contribution is -0.134. The van der Waals surface area contributed by atoms with Crippen LogP contribution in [0.15, 0.2) is 11.6 Å². The number of hydrogen-bond donors (Lipinski definition) is 0. The molecule has 3 fully saturated rings. The van der Waals surface area contributed by atoms with Gasteiger partial charge in [0.25, 0.3) is 0 Å². The Morgan fingerprint density at radius 3 is 2.36 bits per heavy atom. The zero-order chi connectivity index (χ0) is 18.0. The highest BCUT2D eigenvalue weighted by molar-refractivity contribution is 5.84. The van der Waals surface area contributed by atoms with E-state index >= 15 is 0 Å². The Labute approximate surface area is 153 Å². The number of hydrogen-bond acceptors (Lipinski definition) is 3. The first-order valence-corrected chi connectivity index (χ1v) is 10.1. The molecule has 2 saturated heterocycles. The van der Waals surface area contributed by atoms with Crippen LogP contribution in [0.25, 0.3) is 0 Å². The number of rotatable bonds is 5. The Morgan fingerprint density at radius 2 is 1.76 bits per heavy atom. The number of carbonyl (C=O) groups is 1. The summed E-state index contributed by atoms with van der Waals surface area (Å²) in [6.45, 7) is 15.8. The van der Waals surface area contributed by atoms with E-state index in [2.05, 4.69) is 43.6 Å². The Kier molecular flexibility index (Phi) is 5.89. The average molecular weight is 349 g/mol. The predicted octanol–water partition coefficient (Wildman–Crippen LogP) is 3.19. The van der Waals surface area contributed by atoms with Crippen LogP contribution in [-0.2, 0) is 9.53 Å². The van der Waals surface area contributed by atoms with Gasteiger partial charge in [0.1, 0.15) is 0 Å². The quantitative estimate of drug-likeness (QED) is 0.716. The van der Waals surface area contributed by atoms with Crippen LogP contribution in [0.5, 0.6) is 0 Å². The Hall–Kier alpha value is -0.870. The van der Waals surface area contributed by atoms with Crippen molar-refractivity contribution in [2.75, 3.05) is 45.9 Å². The summed E-state index contributed by atoms with van der Waals surface area (Å²) < 4.78 is 5.42. The van der Waals surface area contributed by atoms with Crippen LogP contribution in [0, 0.1) is 23.2 Å². The molecule has 2 aliphatic heterocycles. The smallest absolute Gasteiger partial charge is 0.226 e. The van der Waals surface area contributed by atoms with Gasteiger partial charge in [0, 0.05) is 26.2 Å². The molecule has 25 heavy (non-hydrogen) atoms. The Morgan fingerprint density at radius 1 is 1.12 bits per heavy atom. The molecular formula is C21H36N2O2. The minimum Gasteiger partial charge on any atom is -0.379 e. The zero-order valence-corrected chi connectivity index (χ0v) is 16.6. The van der Waals surface area contributed by atoms with Crippen LogP contribution in [0.2, 0.25) is 0 Å². The van der Waals surface area contributed by atoms with Crippen LogP contribution in [-0.4, -0.2) is 61.6 Å². The van der Waals surface area contributed by atoms with Gasteiger partial charge in [-0.15, -0.1) is 0 Å². The maximum Gasteiger partial charge on any atom is 0.226 e. The number of carbonyl (C=O) groups excluding carboxylic acids is 1. The van der Waals surface area contributed by atoms with Crippen molar-refractivity contribution in [3.05, 3.63) is 11.6 Å². The summed E-state index contributed by atoms with van der Waals surface area (Å²) in [5.41, 5.74) is 1.47. The third-order valence-electron chi connectivity index (χ3n) is 6.57. The van der Waals surface area contributed by atoms with Gasteiger partial charge >= 0.3 is 0 Å². The van der Waals surface area contributed by atoms with E-state index in [0.29, 0.717) is 11.8 Å². The molecule has 0 aromatic heterocycles. The fourth-order valence-electron chi connectivity index (χ4n) is 4.65. The second kappa shape index (κ2) is 7.79. The van der Waals surface area contributed by atoms with E-state index in [1.54, 1.807) is 0 Å². The van der Waals surface area contributed by atoms with Crippen molar-refractivity contribution in [3.8, 4) is 0 Å². The first kappa shape index (κ1) is 18.9. The monoisotopic (exact) mass is 348 g/mol. The number of likely N-dealkylation sites (tertiary alicyclic amines) is 1.